The first-order chi connectivity index (χ1) is 9.17. The van der Waals surface area contributed by atoms with E-state index in [1.807, 2.05) is 36.4 Å². The van der Waals surface area contributed by atoms with Crippen LogP contribution in [-0.2, 0) is 6.61 Å². The molecule has 0 radical (unpaired) electrons. The van der Waals surface area contributed by atoms with E-state index in [9.17, 15) is 5.11 Å². The molecule has 0 aliphatic heterocycles. The van der Waals surface area contributed by atoms with Gasteiger partial charge in [0.05, 0.1) is 12.1 Å². The van der Waals surface area contributed by atoms with E-state index in [2.05, 4.69) is 25.3 Å². The molecule has 2 rings (SSSR count). The molecule has 0 amide bonds. The highest BCUT2D eigenvalue weighted by Gasteiger charge is 2.13. The largest absolute Gasteiger partial charge is 0.392 e. The summed E-state index contributed by atoms with van der Waals surface area (Å²) in [6.45, 7) is 8.81. The van der Waals surface area contributed by atoms with Crippen molar-refractivity contribution < 1.29 is 5.11 Å². The Morgan fingerprint density at radius 2 is 2.11 bits per heavy atom. The number of hydrogen-bond acceptors (Lipinski definition) is 3. The molecule has 0 bridgehead atoms. The summed E-state index contributed by atoms with van der Waals surface area (Å²) in [5, 5.41) is 10.6. The Morgan fingerprint density at radius 3 is 2.74 bits per heavy atom. The van der Waals surface area contributed by atoms with E-state index < -0.39 is 0 Å². The lowest BCUT2D eigenvalue weighted by Gasteiger charge is -2.27. The Labute approximate surface area is 114 Å². The van der Waals surface area contributed by atoms with Crippen LogP contribution < -0.4 is 4.90 Å². The maximum atomic E-state index is 9.54. The third kappa shape index (κ3) is 2.76. The van der Waals surface area contributed by atoms with Crippen LogP contribution in [0.25, 0.3) is 10.9 Å². The number of pyridine rings is 1. The minimum atomic E-state index is 0.0239. The molecule has 2 aromatic rings. The molecule has 100 valence electrons. The highest BCUT2D eigenvalue weighted by molar-refractivity contribution is 5.84. The number of aliphatic hydroxyl groups excluding tert-OH is 1. The van der Waals surface area contributed by atoms with Gasteiger partial charge in [-0.3, -0.25) is 0 Å². The van der Waals surface area contributed by atoms with E-state index in [1.54, 1.807) is 0 Å². The molecule has 1 aromatic carbocycles. The van der Waals surface area contributed by atoms with E-state index in [-0.39, 0.29) is 6.61 Å². The Kier molecular flexibility index (Phi) is 4.17. The number of rotatable bonds is 5. The molecular formula is C16H20N2O. The van der Waals surface area contributed by atoms with Gasteiger partial charge in [-0.1, -0.05) is 24.3 Å². The first-order valence-electron chi connectivity index (χ1n) is 6.54. The Morgan fingerprint density at radius 1 is 1.37 bits per heavy atom. The summed E-state index contributed by atoms with van der Waals surface area (Å²) in [4.78, 5) is 6.86. The average Bonchev–Trinajstić information content (AvgIpc) is 2.43. The highest BCUT2D eigenvalue weighted by atomic mass is 16.3. The minimum Gasteiger partial charge on any atom is -0.392 e. The zero-order valence-electron chi connectivity index (χ0n) is 11.5. The Balaban J connectivity index is 2.57. The predicted molar refractivity (Wildman–Crippen MR) is 80.3 cm³/mol. The van der Waals surface area contributed by atoms with Crippen molar-refractivity contribution in [3.8, 4) is 0 Å². The van der Waals surface area contributed by atoms with Gasteiger partial charge in [0.2, 0.25) is 0 Å². The van der Waals surface area contributed by atoms with Crippen LogP contribution in [0.3, 0.4) is 0 Å². The molecule has 3 heteroatoms. The number of aliphatic hydroxyl groups is 1. The molecule has 0 atom stereocenters. The van der Waals surface area contributed by atoms with Gasteiger partial charge in [-0.15, -0.1) is 6.58 Å². The Hall–Kier alpha value is -1.87. The van der Waals surface area contributed by atoms with Crippen LogP contribution in [0, 0.1) is 0 Å². The van der Waals surface area contributed by atoms with Crippen LogP contribution in [0.2, 0.25) is 0 Å². The normalized spacial score (nSPS) is 10.9. The van der Waals surface area contributed by atoms with Gasteiger partial charge in [-0.05, 0) is 31.5 Å². The van der Waals surface area contributed by atoms with Crippen molar-refractivity contribution in [2.24, 2.45) is 0 Å². The van der Waals surface area contributed by atoms with Crippen LogP contribution >= 0.6 is 0 Å². The maximum Gasteiger partial charge on any atom is 0.130 e. The molecule has 1 aromatic heterocycles. The van der Waals surface area contributed by atoms with Crippen LogP contribution in [0.4, 0.5) is 5.82 Å². The maximum absolute atomic E-state index is 9.54. The fourth-order valence-corrected chi connectivity index (χ4v) is 2.22. The molecule has 0 spiro atoms. The Bertz CT molecular complexity index is 578. The fraction of sp³-hybridized carbons (Fsp3) is 0.312. The van der Waals surface area contributed by atoms with Gasteiger partial charge in [0, 0.05) is 18.0 Å². The number of nitrogens with zero attached hydrogens (tertiary/aromatic N) is 2. The van der Waals surface area contributed by atoms with Gasteiger partial charge < -0.3 is 10.0 Å². The van der Waals surface area contributed by atoms with E-state index in [1.165, 1.54) is 0 Å². The molecule has 19 heavy (non-hydrogen) atoms. The summed E-state index contributed by atoms with van der Waals surface area (Å²) < 4.78 is 0. The molecule has 1 heterocycles. The second kappa shape index (κ2) is 5.85. The van der Waals surface area contributed by atoms with E-state index in [0.717, 1.165) is 28.8 Å². The minimum absolute atomic E-state index is 0.0239. The van der Waals surface area contributed by atoms with Gasteiger partial charge in [0.15, 0.2) is 0 Å². The van der Waals surface area contributed by atoms with Gasteiger partial charge >= 0.3 is 0 Å². The van der Waals surface area contributed by atoms with Crippen molar-refractivity contribution in [1.82, 2.24) is 4.98 Å². The summed E-state index contributed by atoms with van der Waals surface area (Å²) in [5.74, 6) is 0.887. The van der Waals surface area contributed by atoms with Crippen molar-refractivity contribution >= 4 is 16.7 Å². The van der Waals surface area contributed by atoms with Gasteiger partial charge in [0.1, 0.15) is 5.82 Å². The molecule has 0 fully saturated rings. The average molecular weight is 256 g/mol. The summed E-state index contributed by atoms with van der Waals surface area (Å²) >= 11 is 0. The lowest BCUT2D eigenvalue weighted by Crippen LogP contribution is -2.31. The van der Waals surface area contributed by atoms with E-state index in [0.29, 0.717) is 6.04 Å². The fourth-order valence-electron chi connectivity index (χ4n) is 2.22. The monoisotopic (exact) mass is 256 g/mol. The number of aromatic nitrogens is 1. The zero-order valence-corrected chi connectivity index (χ0v) is 11.5. The van der Waals surface area contributed by atoms with E-state index in [4.69, 9.17) is 4.98 Å². The van der Waals surface area contributed by atoms with Crippen LogP contribution in [-0.4, -0.2) is 22.7 Å². The van der Waals surface area contributed by atoms with Crippen LogP contribution in [0.1, 0.15) is 19.4 Å². The molecule has 0 aliphatic carbocycles. The molecular weight excluding hydrogens is 236 g/mol. The highest BCUT2D eigenvalue weighted by Crippen LogP contribution is 2.24. The number of para-hydroxylation sites is 1. The van der Waals surface area contributed by atoms with Crippen molar-refractivity contribution in [3.63, 3.8) is 0 Å². The van der Waals surface area contributed by atoms with Crippen molar-refractivity contribution in [1.29, 1.82) is 0 Å². The summed E-state index contributed by atoms with van der Waals surface area (Å²) in [7, 11) is 0. The van der Waals surface area contributed by atoms with Crippen molar-refractivity contribution in [3.05, 3.63) is 48.6 Å². The van der Waals surface area contributed by atoms with Gasteiger partial charge in [-0.25, -0.2) is 4.98 Å². The third-order valence-electron chi connectivity index (χ3n) is 3.20. The second-order valence-electron chi connectivity index (χ2n) is 4.85. The molecule has 0 unspecified atom stereocenters. The van der Waals surface area contributed by atoms with Crippen LogP contribution in [0.15, 0.2) is 43.0 Å². The second-order valence-corrected chi connectivity index (χ2v) is 4.85. The number of hydrogen-bond donors (Lipinski definition) is 1. The first kappa shape index (κ1) is 13.6. The third-order valence-corrected chi connectivity index (χ3v) is 3.20. The predicted octanol–water partition coefficient (Wildman–Crippen LogP) is 3.13. The summed E-state index contributed by atoms with van der Waals surface area (Å²) in [6.07, 6.45) is 1.87. The summed E-state index contributed by atoms with van der Waals surface area (Å²) in [5.41, 5.74) is 1.83. The number of fused-ring (bicyclic) bond motifs is 1. The SMILES string of the molecule is C=CCN(c1cc(CO)c2ccccc2n1)C(C)C. The molecule has 1 N–H and O–H groups in total. The topological polar surface area (TPSA) is 36.4 Å². The standard InChI is InChI=1S/C16H20N2O/c1-4-9-18(12(2)3)16-10-13(11-19)14-7-5-6-8-15(14)17-16/h4-8,10,12,19H,1,9,11H2,2-3H3. The number of benzene rings is 1. The molecule has 0 saturated heterocycles. The first-order valence-corrected chi connectivity index (χ1v) is 6.54. The molecule has 0 aliphatic rings. The van der Waals surface area contributed by atoms with Crippen molar-refractivity contribution in [2.45, 2.75) is 26.5 Å². The lowest BCUT2D eigenvalue weighted by molar-refractivity contribution is 0.283. The van der Waals surface area contributed by atoms with Gasteiger partial charge in [-0.2, -0.15) is 0 Å². The summed E-state index contributed by atoms with van der Waals surface area (Å²) in [6, 6.07) is 10.2. The lowest BCUT2D eigenvalue weighted by atomic mass is 10.1. The smallest absolute Gasteiger partial charge is 0.130 e. The molecule has 0 saturated carbocycles. The van der Waals surface area contributed by atoms with Crippen LogP contribution in [0.5, 0.6) is 0 Å². The van der Waals surface area contributed by atoms with Crippen molar-refractivity contribution in [2.75, 3.05) is 11.4 Å². The molecule has 3 nitrogen and oxygen atoms in total. The number of anilines is 1. The quantitative estimate of drug-likeness (QED) is 0.835. The van der Waals surface area contributed by atoms with E-state index >= 15 is 0 Å². The zero-order chi connectivity index (χ0) is 13.8. The van der Waals surface area contributed by atoms with Gasteiger partial charge in [0.25, 0.3) is 0 Å².